The fraction of sp³-hybridized carbons (Fsp3) is 0.318. The molecule has 1 aliphatic rings. The molecule has 4 aromatic carbocycles. The molecule has 0 spiro atoms. The zero-order chi connectivity index (χ0) is 39.8. The first-order valence-electron chi connectivity index (χ1n) is 17.7. The van der Waals surface area contributed by atoms with E-state index in [1.807, 2.05) is 115 Å². The standard InChI is InChI=1S/C22H19Br2NO3.C22H28N2O2/c1-22(2)17(12-19(23)24)20(22)21(26)28-18(13-25)14-7-6-10-16(11-14)27-15-8-4-3-5-9-15;1-7-17-8-10-18(11-9-17)20(25)23-24(22(4,5)6)21(26)19-13-15(2)12-16(3)14-19/h3-12,17-18,20H,1-2H3;8-14H,7H2,1-6H3,(H,23,25)/t17-,18+,20-;/m0./s1. The van der Waals surface area contributed by atoms with Crippen molar-refractivity contribution in [1.82, 2.24) is 10.4 Å². The number of nitrogens with one attached hydrogen (secondary N) is 1. The van der Waals surface area contributed by atoms with Gasteiger partial charge >= 0.3 is 5.97 Å². The molecule has 0 heterocycles. The van der Waals surface area contributed by atoms with Gasteiger partial charge in [0.05, 0.1) is 14.8 Å². The number of nitrogens with zero attached hydrogens (tertiary/aromatic N) is 2. The van der Waals surface area contributed by atoms with Crippen LogP contribution in [0, 0.1) is 42.4 Å². The van der Waals surface area contributed by atoms with Crippen molar-refractivity contribution >= 4 is 49.6 Å². The van der Waals surface area contributed by atoms with Crippen molar-refractivity contribution in [3.63, 3.8) is 0 Å². The maximum absolute atomic E-state index is 13.1. The number of nitriles is 1. The summed E-state index contributed by atoms with van der Waals surface area (Å²) < 4.78 is 12.2. The number of hydrazine groups is 1. The van der Waals surface area contributed by atoms with Gasteiger partial charge in [-0.2, -0.15) is 5.26 Å². The molecule has 0 aromatic heterocycles. The highest BCUT2D eigenvalue weighted by atomic mass is 79.9. The molecular weight excluding hydrogens is 810 g/mol. The Morgan fingerprint density at radius 2 is 1.50 bits per heavy atom. The van der Waals surface area contributed by atoms with E-state index in [-0.39, 0.29) is 35.0 Å². The normalized spacial score (nSPS) is 15.9. The molecule has 1 N–H and O–H groups in total. The van der Waals surface area contributed by atoms with Gasteiger partial charge in [-0.25, -0.2) is 5.01 Å². The first-order valence-corrected chi connectivity index (χ1v) is 19.3. The summed E-state index contributed by atoms with van der Waals surface area (Å²) in [4.78, 5) is 38.4. The van der Waals surface area contributed by atoms with E-state index in [0.29, 0.717) is 28.2 Å². The second-order valence-corrected chi connectivity index (χ2v) is 17.7. The number of para-hydroxylation sites is 1. The average Bonchev–Trinajstić information content (AvgIpc) is 3.66. The van der Waals surface area contributed by atoms with Gasteiger partial charge in [0.15, 0.2) is 0 Å². The lowest BCUT2D eigenvalue weighted by Gasteiger charge is -2.35. The SMILES string of the molecule is CC1(C)[C@H](C(=O)O[C@H](C#N)c2cccc(Oc3ccccc3)c2)[C@@H]1C=C(Br)Br.CCc1ccc(C(=O)NN(C(=O)c2cc(C)cc(C)c2)C(C)(C)C)cc1. The molecule has 0 unspecified atom stereocenters. The van der Waals surface area contributed by atoms with Crippen LogP contribution in [0.2, 0.25) is 0 Å². The van der Waals surface area contributed by atoms with Crippen LogP contribution in [0.5, 0.6) is 11.5 Å². The van der Waals surface area contributed by atoms with Crippen LogP contribution in [-0.2, 0) is 16.0 Å². The molecule has 4 aromatic rings. The number of benzene rings is 4. The minimum Gasteiger partial charge on any atom is -0.457 e. The van der Waals surface area contributed by atoms with Crippen LogP contribution in [0.15, 0.2) is 107 Å². The summed E-state index contributed by atoms with van der Waals surface area (Å²) in [6.07, 6.45) is 1.88. The van der Waals surface area contributed by atoms with Gasteiger partial charge in [-0.05, 0) is 138 Å². The van der Waals surface area contributed by atoms with Crippen molar-refractivity contribution in [3.8, 4) is 17.6 Å². The third-order valence-corrected chi connectivity index (χ3v) is 9.67. The van der Waals surface area contributed by atoms with Crippen LogP contribution in [0.3, 0.4) is 0 Å². The van der Waals surface area contributed by atoms with E-state index in [9.17, 15) is 19.6 Å². The third-order valence-electron chi connectivity index (χ3n) is 9.14. The number of halogens is 2. The maximum atomic E-state index is 13.1. The number of amides is 2. The minimum atomic E-state index is -0.986. The summed E-state index contributed by atoms with van der Waals surface area (Å²) >= 11 is 6.68. The van der Waals surface area contributed by atoms with Crippen molar-refractivity contribution in [2.45, 2.75) is 73.5 Å². The predicted octanol–water partition coefficient (Wildman–Crippen LogP) is 10.9. The molecule has 1 aliphatic carbocycles. The Bertz CT molecular complexity index is 2010. The quantitative estimate of drug-likeness (QED) is 0.133. The van der Waals surface area contributed by atoms with Crippen molar-refractivity contribution in [2.75, 3.05) is 0 Å². The summed E-state index contributed by atoms with van der Waals surface area (Å²) in [5.74, 6) is 0.172. The Hall–Kier alpha value is -4.72. The van der Waals surface area contributed by atoms with E-state index in [4.69, 9.17) is 9.47 Å². The topological polar surface area (TPSA) is 109 Å². The zero-order valence-corrected chi connectivity index (χ0v) is 35.1. The summed E-state index contributed by atoms with van der Waals surface area (Å²) in [6.45, 7) is 15.7. The number of carbonyl (C=O) groups excluding carboxylic acids is 3. The van der Waals surface area contributed by atoms with E-state index >= 15 is 0 Å². The maximum Gasteiger partial charge on any atom is 0.311 e. The summed E-state index contributed by atoms with van der Waals surface area (Å²) in [7, 11) is 0. The summed E-state index contributed by atoms with van der Waals surface area (Å²) in [6, 6.07) is 31.6. The van der Waals surface area contributed by atoms with Gasteiger partial charge in [-0.1, -0.05) is 86.5 Å². The van der Waals surface area contributed by atoms with Gasteiger partial charge in [-0.15, -0.1) is 0 Å². The largest absolute Gasteiger partial charge is 0.457 e. The van der Waals surface area contributed by atoms with Crippen molar-refractivity contribution in [2.24, 2.45) is 17.3 Å². The summed E-state index contributed by atoms with van der Waals surface area (Å²) in [5, 5.41) is 11.0. The molecule has 54 heavy (non-hydrogen) atoms. The van der Waals surface area contributed by atoms with Crippen LogP contribution >= 0.6 is 31.9 Å². The van der Waals surface area contributed by atoms with Crippen LogP contribution in [-0.4, -0.2) is 28.3 Å². The fourth-order valence-electron chi connectivity index (χ4n) is 6.11. The van der Waals surface area contributed by atoms with Gasteiger partial charge in [0.2, 0.25) is 6.10 Å². The van der Waals surface area contributed by atoms with Crippen molar-refractivity contribution in [3.05, 3.63) is 140 Å². The Labute approximate surface area is 335 Å². The Morgan fingerprint density at radius 3 is 2.06 bits per heavy atom. The number of hydrogen-bond acceptors (Lipinski definition) is 6. The van der Waals surface area contributed by atoms with E-state index in [0.717, 1.165) is 20.9 Å². The number of hydrogen-bond donors (Lipinski definition) is 1. The minimum absolute atomic E-state index is 0.0563. The van der Waals surface area contributed by atoms with Crippen LogP contribution < -0.4 is 10.2 Å². The molecule has 0 aliphatic heterocycles. The van der Waals surface area contributed by atoms with Crippen molar-refractivity contribution in [1.29, 1.82) is 5.26 Å². The highest BCUT2D eigenvalue weighted by Crippen LogP contribution is 2.60. The molecule has 0 radical (unpaired) electrons. The zero-order valence-electron chi connectivity index (χ0n) is 31.9. The number of allylic oxidation sites excluding steroid dienone is 1. The number of rotatable bonds is 9. The first kappa shape index (κ1) is 42.0. The monoisotopic (exact) mass is 855 g/mol. The second kappa shape index (κ2) is 18.1. The molecule has 0 bridgehead atoms. The number of carbonyl (C=O) groups is 3. The Morgan fingerprint density at radius 1 is 0.889 bits per heavy atom. The molecule has 8 nitrogen and oxygen atoms in total. The molecular formula is C44H47Br2N3O5. The van der Waals surface area contributed by atoms with Crippen LogP contribution in [0.4, 0.5) is 0 Å². The van der Waals surface area contributed by atoms with Gasteiger partial charge in [0, 0.05) is 16.7 Å². The fourth-order valence-corrected chi connectivity index (χ4v) is 6.68. The lowest BCUT2D eigenvalue weighted by atomic mass is 10.0. The molecule has 10 heteroatoms. The lowest BCUT2D eigenvalue weighted by Crippen LogP contribution is -2.55. The number of ether oxygens (including phenoxy) is 2. The van der Waals surface area contributed by atoms with E-state index in [1.165, 1.54) is 10.6 Å². The number of aryl methyl sites for hydroxylation is 3. The molecule has 1 fully saturated rings. The van der Waals surface area contributed by atoms with E-state index < -0.39 is 11.6 Å². The lowest BCUT2D eigenvalue weighted by molar-refractivity contribution is -0.149. The van der Waals surface area contributed by atoms with Crippen molar-refractivity contribution < 1.29 is 23.9 Å². The molecule has 5 rings (SSSR count). The van der Waals surface area contributed by atoms with Crippen LogP contribution in [0.1, 0.15) is 90.6 Å². The second-order valence-electron chi connectivity index (χ2n) is 14.9. The Kier molecular flexibility index (Phi) is 14.1. The summed E-state index contributed by atoms with van der Waals surface area (Å²) in [5.41, 5.74) is 6.91. The van der Waals surface area contributed by atoms with Gasteiger partial charge in [0.1, 0.15) is 17.6 Å². The molecule has 0 saturated heterocycles. The highest BCUT2D eigenvalue weighted by Gasteiger charge is 2.61. The highest BCUT2D eigenvalue weighted by molar-refractivity contribution is 9.28. The Balaban J connectivity index is 0.000000241. The number of esters is 1. The predicted molar refractivity (Wildman–Crippen MR) is 219 cm³/mol. The van der Waals surface area contributed by atoms with E-state index in [1.54, 1.807) is 36.4 Å². The molecule has 282 valence electrons. The van der Waals surface area contributed by atoms with Gasteiger partial charge in [0.25, 0.3) is 11.8 Å². The van der Waals surface area contributed by atoms with Gasteiger partial charge < -0.3 is 9.47 Å². The smallest absolute Gasteiger partial charge is 0.311 e. The average molecular weight is 858 g/mol. The van der Waals surface area contributed by atoms with Gasteiger partial charge in [-0.3, -0.25) is 19.8 Å². The third kappa shape index (κ3) is 11.2. The molecule has 3 atom stereocenters. The first-order chi connectivity index (χ1) is 25.4. The molecule has 1 saturated carbocycles. The van der Waals surface area contributed by atoms with E-state index in [2.05, 4.69) is 50.3 Å². The van der Waals surface area contributed by atoms with Crippen LogP contribution in [0.25, 0.3) is 0 Å². The molecule has 2 amide bonds.